The zero-order chi connectivity index (χ0) is 19.3. The van der Waals surface area contributed by atoms with E-state index in [0.29, 0.717) is 58.8 Å². The first-order valence-corrected chi connectivity index (χ1v) is 10.3. The van der Waals surface area contributed by atoms with E-state index in [1.807, 2.05) is 0 Å². The Hall–Kier alpha value is -0.240. The van der Waals surface area contributed by atoms with E-state index in [4.69, 9.17) is 18.9 Å². The molecule has 0 spiro atoms. The van der Waals surface area contributed by atoms with Gasteiger partial charge in [-0.15, -0.1) is 0 Å². The highest BCUT2D eigenvalue weighted by Crippen LogP contribution is 2.29. The van der Waals surface area contributed by atoms with Crippen LogP contribution in [0.1, 0.15) is 47.0 Å². The fourth-order valence-electron chi connectivity index (χ4n) is 3.42. The summed E-state index contributed by atoms with van der Waals surface area (Å²) >= 11 is 0. The molecule has 1 fully saturated rings. The third-order valence-corrected chi connectivity index (χ3v) is 5.14. The van der Waals surface area contributed by atoms with Crippen molar-refractivity contribution in [1.29, 1.82) is 0 Å². The molecule has 156 valence electrons. The fraction of sp³-hybridized carbons (Fsp3) is 1.00. The maximum absolute atomic E-state index is 11.2. The lowest BCUT2D eigenvalue weighted by Gasteiger charge is -2.43. The van der Waals surface area contributed by atoms with Gasteiger partial charge in [0.1, 0.15) is 0 Å². The van der Waals surface area contributed by atoms with E-state index in [0.717, 1.165) is 32.4 Å². The molecule has 0 aromatic heterocycles. The summed E-state index contributed by atoms with van der Waals surface area (Å²) in [6.45, 7) is 15.0. The molecule has 6 heteroatoms. The Morgan fingerprint density at radius 3 is 1.50 bits per heavy atom. The van der Waals surface area contributed by atoms with E-state index >= 15 is 0 Å². The molecule has 1 saturated heterocycles. The number of ether oxygens (including phenoxy) is 4. The van der Waals surface area contributed by atoms with Gasteiger partial charge in [0.05, 0.1) is 58.5 Å². The lowest BCUT2D eigenvalue weighted by molar-refractivity contribution is -0.0740. The van der Waals surface area contributed by atoms with Crippen molar-refractivity contribution in [3.05, 3.63) is 0 Å². The van der Waals surface area contributed by atoms with Crippen molar-refractivity contribution >= 4 is 0 Å². The van der Waals surface area contributed by atoms with Crippen LogP contribution in [0.2, 0.25) is 0 Å². The largest absolute Gasteiger partial charge is 0.388 e. The minimum Gasteiger partial charge on any atom is -0.388 e. The molecule has 1 atom stereocenters. The van der Waals surface area contributed by atoms with Crippen LogP contribution in [-0.4, -0.2) is 87.6 Å². The summed E-state index contributed by atoms with van der Waals surface area (Å²) in [5.74, 6) is 0.518. The van der Waals surface area contributed by atoms with Crippen molar-refractivity contribution in [1.82, 2.24) is 4.90 Å². The minimum atomic E-state index is -0.681. The van der Waals surface area contributed by atoms with Gasteiger partial charge in [-0.2, -0.15) is 0 Å². The molecule has 1 heterocycles. The average Bonchev–Trinajstić information content (AvgIpc) is 2.64. The zero-order valence-corrected chi connectivity index (χ0v) is 17.4. The number of hydrogen-bond acceptors (Lipinski definition) is 6. The molecule has 0 bridgehead atoms. The van der Waals surface area contributed by atoms with E-state index in [-0.39, 0.29) is 6.04 Å². The molecule has 0 amide bonds. The summed E-state index contributed by atoms with van der Waals surface area (Å²) in [4.78, 5) is 2.36. The van der Waals surface area contributed by atoms with Gasteiger partial charge in [0.25, 0.3) is 0 Å². The van der Waals surface area contributed by atoms with Crippen LogP contribution in [0.5, 0.6) is 0 Å². The lowest BCUT2D eigenvalue weighted by Crippen LogP contribution is -2.54. The van der Waals surface area contributed by atoms with Crippen molar-refractivity contribution in [3.8, 4) is 0 Å². The zero-order valence-electron chi connectivity index (χ0n) is 17.4. The second kappa shape index (κ2) is 13.9. The van der Waals surface area contributed by atoms with Gasteiger partial charge in [-0.05, 0) is 25.2 Å². The molecule has 1 aliphatic rings. The van der Waals surface area contributed by atoms with Crippen LogP contribution in [-0.2, 0) is 18.9 Å². The third kappa shape index (κ3) is 9.11. The van der Waals surface area contributed by atoms with Crippen molar-refractivity contribution in [2.24, 2.45) is 5.92 Å². The molecule has 1 aliphatic heterocycles. The van der Waals surface area contributed by atoms with Crippen molar-refractivity contribution in [2.45, 2.75) is 58.6 Å². The van der Waals surface area contributed by atoms with Gasteiger partial charge in [0.15, 0.2) is 0 Å². The van der Waals surface area contributed by atoms with Crippen LogP contribution in [0, 0.1) is 5.92 Å². The number of hydrogen-bond donors (Lipinski definition) is 1. The molecule has 6 nitrogen and oxygen atoms in total. The molecule has 0 aliphatic carbocycles. The Kier molecular flexibility index (Phi) is 12.7. The average molecular weight is 376 g/mol. The van der Waals surface area contributed by atoms with Crippen molar-refractivity contribution < 1.29 is 24.1 Å². The standard InChI is InChI=1S/C20H41NO5/c1-5-20(22,6-2)19(17-18(3)4)21-7-9-23-11-13-25-15-16-26-14-12-24-10-8-21/h18-19,22H,5-17H2,1-4H3/t19-/m0/s1. The van der Waals surface area contributed by atoms with Crippen LogP contribution in [0.4, 0.5) is 0 Å². The third-order valence-electron chi connectivity index (χ3n) is 5.14. The highest BCUT2D eigenvalue weighted by atomic mass is 16.6. The Morgan fingerprint density at radius 2 is 1.15 bits per heavy atom. The Morgan fingerprint density at radius 1 is 0.769 bits per heavy atom. The quantitative estimate of drug-likeness (QED) is 0.769. The fourth-order valence-corrected chi connectivity index (χ4v) is 3.42. The van der Waals surface area contributed by atoms with Crippen LogP contribution in [0.3, 0.4) is 0 Å². The predicted molar refractivity (Wildman–Crippen MR) is 104 cm³/mol. The van der Waals surface area contributed by atoms with E-state index in [2.05, 4.69) is 32.6 Å². The Bertz CT molecular complexity index is 320. The van der Waals surface area contributed by atoms with Gasteiger partial charge in [-0.3, -0.25) is 4.90 Å². The summed E-state index contributed by atoms with van der Waals surface area (Å²) in [6, 6.07) is 0.105. The van der Waals surface area contributed by atoms with Crippen LogP contribution in [0.25, 0.3) is 0 Å². The first kappa shape index (κ1) is 23.8. The molecule has 0 aromatic carbocycles. The number of rotatable bonds is 6. The van der Waals surface area contributed by atoms with Crippen molar-refractivity contribution in [3.63, 3.8) is 0 Å². The summed E-state index contributed by atoms with van der Waals surface area (Å²) in [5.41, 5.74) is -0.681. The molecule has 0 saturated carbocycles. The van der Waals surface area contributed by atoms with Crippen molar-refractivity contribution in [2.75, 3.05) is 65.9 Å². The van der Waals surface area contributed by atoms with E-state index in [9.17, 15) is 5.11 Å². The van der Waals surface area contributed by atoms with Gasteiger partial charge in [-0.25, -0.2) is 0 Å². The van der Waals surface area contributed by atoms with Crippen LogP contribution in [0.15, 0.2) is 0 Å². The Balaban J connectivity index is 2.76. The summed E-state index contributed by atoms with van der Waals surface area (Å²) < 4.78 is 22.5. The molecular weight excluding hydrogens is 334 g/mol. The molecule has 1 N–H and O–H groups in total. The first-order valence-electron chi connectivity index (χ1n) is 10.3. The van der Waals surface area contributed by atoms with Crippen LogP contribution >= 0.6 is 0 Å². The van der Waals surface area contributed by atoms with E-state index in [1.165, 1.54) is 0 Å². The topological polar surface area (TPSA) is 60.4 Å². The first-order chi connectivity index (χ1) is 12.5. The smallest absolute Gasteiger partial charge is 0.0797 e. The van der Waals surface area contributed by atoms with Gasteiger partial charge < -0.3 is 24.1 Å². The summed E-state index contributed by atoms with van der Waals surface area (Å²) in [7, 11) is 0. The molecule has 0 radical (unpaired) electrons. The predicted octanol–water partition coefficient (Wildman–Crippen LogP) is 2.33. The minimum absolute atomic E-state index is 0.105. The van der Waals surface area contributed by atoms with Gasteiger partial charge in [-0.1, -0.05) is 27.7 Å². The summed E-state index contributed by atoms with van der Waals surface area (Å²) in [6.07, 6.45) is 2.46. The Labute approximate surface area is 160 Å². The molecule has 0 aromatic rings. The lowest BCUT2D eigenvalue weighted by atomic mass is 9.82. The highest BCUT2D eigenvalue weighted by molar-refractivity contribution is 4.92. The van der Waals surface area contributed by atoms with Crippen LogP contribution < -0.4 is 0 Å². The van der Waals surface area contributed by atoms with Gasteiger partial charge in [0.2, 0.25) is 0 Å². The molecular formula is C20H41NO5. The molecule has 26 heavy (non-hydrogen) atoms. The molecule has 1 rings (SSSR count). The monoisotopic (exact) mass is 375 g/mol. The van der Waals surface area contributed by atoms with Gasteiger partial charge >= 0.3 is 0 Å². The maximum Gasteiger partial charge on any atom is 0.0797 e. The number of aliphatic hydroxyl groups is 1. The summed E-state index contributed by atoms with van der Waals surface area (Å²) in [5, 5.41) is 11.2. The SMILES string of the molecule is CCC(O)(CC)[C@H](CC(C)C)N1CCOCCOCCOCCOCC1. The van der Waals surface area contributed by atoms with Gasteiger partial charge in [0, 0.05) is 19.1 Å². The highest BCUT2D eigenvalue weighted by Gasteiger charge is 2.37. The maximum atomic E-state index is 11.2. The molecule has 0 unspecified atom stereocenters. The number of nitrogens with zero attached hydrogens (tertiary/aromatic N) is 1. The van der Waals surface area contributed by atoms with E-state index in [1.54, 1.807) is 0 Å². The van der Waals surface area contributed by atoms with E-state index < -0.39 is 5.60 Å². The normalized spacial score (nSPS) is 21.9. The second-order valence-electron chi connectivity index (χ2n) is 7.44. The second-order valence-corrected chi connectivity index (χ2v) is 7.44.